The van der Waals surface area contributed by atoms with E-state index in [1.54, 1.807) is 0 Å². The van der Waals surface area contributed by atoms with Crippen LogP contribution in [0.1, 0.15) is 37.3 Å². The zero-order valence-corrected chi connectivity index (χ0v) is 17.0. The van der Waals surface area contributed by atoms with Gasteiger partial charge in [-0.25, -0.2) is 0 Å². The lowest BCUT2D eigenvalue weighted by molar-refractivity contribution is 0.380. The molecular formula is C16H30IN5O. The minimum absolute atomic E-state index is 0. The molecule has 0 aromatic carbocycles. The number of rotatable bonds is 6. The van der Waals surface area contributed by atoms with E-state index in [0.29, 0.717) is 12.5 Å². The van der Waals surface area contributed by atoms with Gasteiger partial charge < -0.3 is 20.1 Å². The Morgan fingerprint density at radius 1 is 1.35 bits per heavy atom. The van der Waals surface area contributed by atoms with Crippen LogP contribution in [0.5, 0.6) is 0 Å². The number of hydrogen-bond acceptors (Lipinski definition) is 4. The standard InChI is InChI=1S/C16H29N5O.HI/c1-5-14-13(15(6-2)22-20-14)10-19-16(17-3)18-9-12-7-8-21(4)11-12;/h12H,5-11H2,1-4H3,(H2,17,18,19);1H. The third kappa shape index (κ3) is 5.63. The normalized spacial score (nSPS) is 18.8. The van der Waals surface area contributed by atoms with Gasteiger partial charge in [0.1, 0.15) is 5.76 Å². The fraction of sp³-hybridized carbons (Fsp3) is 0.750. The molecule has 0 radical (unpaired) electrons. The van der Waals surface area contributed by atoms with Gasteiger partial charge in [0.05, 0.1) is 5.69 Å². The maximum absolute atomic E-state index is 5.40. The second-order valence-electron chi connectivity index (χ2n) is 5.96. The molecule has 1 aromatic rings. The quantitative estimate of drug-likeness (QED) is 0.407. The van der Waals surface area contributed by atoms with Gasteiger partial charge in [0.25, 0.3) is 0 Å². The first-order valence-electron chi connectivity index (χ1n) is 8.27. The Labute approximate surface area is 156 Å². The van der Waals surface area contributed by atoms with Crippen molar-refractivity contribution in [1.82, 2.24) is 20.7 Å². The summed E-state index contributed by atoms with van der Waals surface area (Å²) in [6, 6.07) is 0. The van der Waals surface area contributed by atoms with Crippen LogP contribution in [0.4, 0.5) is 0 Å². The van der Waals surface area contributed by atoms with E-state index < -0.39 is 0 Å². The summed E-state index contributed by atoms with van der Waals surface area (Å²) in [5, 5.41) is 11.0. The van der Waals surface area contributed by atoms with Crippen molar-refractivity contribution < 1.29 is 4.52 Å². The molecule has 0 saturated carbocycles. The summed E-state index contributed by atoms with van der Waals surface area (Å²) in [5.74, 6) is 2.52. The summed E-state index contributed by atoms with van der Waals surface area (Å²) >= 11 is 0. The molecule has 1 saturated heterocycles. The van der Waals surface area contributed by atoms with Crippen LogP contribution in [0.2, 0.25) is 0 Å². The van der Waals surface area contributed by atoms with Gasteiger partial charge in [-0.3, -0.25) is 4.99 Å². The fourth-order valence-electron chi connectivity index (χ4n) is 2.96. The highest BCUT2D eigenvalue weighted by molar-refractivity contribution is 14.0. The molecule has 132 valence electrons. The average Bonchev–Trinajstić information content (AvgIpc) is 3.13. The minimum atomic E-state index is 0. The molecule has 2 rings (SSSR count). The van der Waals surface area contributed by atoms with Crippen LogP contribution in [-0.4, -0.2) is 49.7 Å². The summed E-state index contributed by atoms with van der Waals surface area (Å²) in [6.45, 7) is 8.22. The molecule has 0 spiro atoms. The van der Waals surface area contributed by atoms with Gasteiger partial charge in [-0.05, 0) is 32.4 Å². The third-order valence-electron chi connectivity index (χ3n) is 4.31. The lowest BCUT2D eigenvalue weighted by Crippen LogP contribution is -2.40. The molecule has 1 aliphatic heterocycles. The Kier molecular flexibility index (Phi) is 8.90. The number of halogens is 1. The van der Waals surface area contributed by atoms with Crippen LogP contribution in [0.3, 0.4) is 0 Å². The Hall–Kier alpha value is -0.830. The number of aliphatic imine (C=N–C) groups is 1. The summed E-state index contributed by atoms with van der Waals surface area (Å²) in [7, 11) is 3.99. The number of guanidine groups is 1. The predicted molar refractivity (Wildman–Crippen MR) is 104 cm³/mol. The van der Waals surface area contributed by atoms with E-state index >= 15 is 0 Å². The summed E-state index contributed by atoms with van der Waals surface area (Å²) < 4.78 is 5.40. The van der Waals surface area contributed by atoms with Gasteiger partial charge in [-0.2, -0.15) is 0 Å². The van der Waals surface area contributed by atoms with Gasteiger partial charge in [-0.15, -0.1) is 24.0 Å². The second kappa shape index (κ2) is 10.1. The van der Waals surface area contributed by atoms with Crippen LogP contribution >= 0.6 is 24.0 Å². The first kappa shape index (κ1) is 20.2. The molecule has 0 bridgehead atoms. The van der Waals surface area contributed by atoms with Crippen molar-refractivity contribution in [3.05, 3.63) is 17.0 Å². The van der Waals surface area contributed by atoms with Crippen molar-refractivity contribution in [2.24, 2.45) is 10.9 Å². The zero-order valence-electron chi connectivity index (χ0n) is 14.7. The maximum atomic E-state index is 5.40. The van der Waals surface area contributed by atoms with E-state index in [4.69, 9.17) is 4.52 Å². The number of hydrogen-bond donors (Lipinski definition) is 2. The molecule has 2 N–H and O–H groups in total. The molecule has 0 aliphatic carbocycles. The summed E-state index contributed by atoms with van der Waals surface area (Å²) in [4.78, 5) is 6.68. The maximum Gasteiger partial charge on any atom is 0.191 e. The molecule has 23 heavy (non-hydrogen) atoms. The molecule has 2 heterocycles. The zero-order chi connectivity index (χ0) is 15.9. The van der Waals surface area contributed by atoms with Crippen molar-refractivity contribution in [3.8, 4) is 0 Å². The van der Waals surface area contributed by atoms with E-state index in [0.717, 1.165) is 43.3 Å². The van der Waals surface area contributed by atoms with Crippen molar-refractivity contribution in [3.63, 3.8) is 0 Å². The SMILES string of the molecule is CCc1noc(CC)c1CNC(=NC)NCC1CCN(C)C1.I. The van der Waals surface area contributed by atoms with Gasteiger partial charge in [-0.1, -0.05) is 19.0 Å². The topological polar surface area (TPSA) is 65.7 Å². The van der Waals surface area contributed by atoms with Gasteiger partial charge in [0.2, 0.25) is 0 Å². The van der Waals surface area contributed by atoms with Crippen LogP contribution in [0.15, 0.2) is 9.52 Å². The van der Waals surface area contributed by atoms with E-state index in [1.165, 1.54) is 18.5 Å². The van der Waals surface area contributed by atoms with Gasteiger partial charge in [0, 0.05) is 38.7 Å². The molecule has 1 aromatic heterocycles. The molecule has 1 fully saturated rings. The fourth-order valence-corrected chi connectivity index (χ4v) is 2.96. The first-order chi connectivity index (χ1) is 10.7. The molecule has 0 amide bonds. The van der Waals surface area contributed by atoms with E-state index in [-0.39, 0.29) is 24.0 Å². The number of aryl methyl sites for hydroxylation is 2. The predicted octanol–water partition coefficient (Wildman–Crippen LogP) is 2.03. The van der Waals surface area contributed by atoms with Crippen LogP contribution in [-0.2, 0) is 19.4 Å². The van der Waals surface area contributed by atoms with E-state index in [1.807, 2.05) is 7.05 Å². The third-order valence-corrected chi connectivity index (χ3v) is 4.31. The second-order valence-corrected chi connectivity index (χ2v) is 5.96. The molecule has 6 nitrogen and oxygen atoms in total. The largest absolute Gasteiger partial charge is 0.361 e. The highest BCUT2D eigenvalue weighted by atomic mass is 127. The van der Waals surface area contributed by atoms with Crippen molar-refractivity contribution in [1.29, 1.82) is 0 Å². The first-order valence-corrected chi connectivity index (χ1v) is 8.27. The number of aromatic nitrogens is 1. The van der Waals surface area contributed by atoms with Crippen LogP contribution in [0.25, 0.3) is 0 Å². The smallest absolute Gasteiger partial charge is 0.191 e. The van der Waals surface area contributed by atoms with Gasteiger partial charge in [0.15, 0.2) is 5.96 Å². The Morgan fingerprint density at radius 2 is 2.13 bits per heavy atom. The Bertz CT molecular complexity index is 481. The van der Waals surface area contributed by atoms with E-state index in [9.17, 15) is 0 Å². The van der Waals surface area contributed by atoms with Gasteiger partial charge >= 0.3 is 0 Å². The lowest BCUT2D eigenvalue weighted by atomic mass is 10.1. The average molecular weight is 435 g/mol. The molecular weight excluding hydrogens is 405 g/mol. The molecule has 1 atom stereocenters. The van der Waals surface area contributed by atoms with Crippen LogP contribution < -0.4 is 10.6 Å². The Balaban J connectivity index is 0.00000264. The molecule has 1 aliphatic rings. The van der Waals surface area contributed by atoms with Crippen LogP contribution in [0, 0.1) is 5.92 Å². The molecule has 1 unspecified atom stereocenters. The monoisotopic (exact) mass is 435 g/mol. The van der Waals surface area contributed by atoms with Crippen molar-refractivity contribution in [2.75, 3.05) is 33.7 Å². The van der Waals surface area contributed by atoms with Crippen molar-refractivity contribution >= 4 is 29.9 Å². The Morgan fingerprint density at radius 3 is 2.70 bits per heavy atom. The van der Waals surface area contributed by atoms with Crippen molar-refractivity contribution in [2.45, 2.75) is 39.7 Å². The number of likely N-dealkylation sites (tertiary alicyclic amines) is 1. The summed E-state index contributed by atoms with van der Waals surface area (Å²) in [6.07, 6.45) is 3.01. The highest BCUT2D eigenvalue weighted by Gasteiger charge is 2.19. The number of nitrogens with one attached hydrogen (secondary N) is 2. The lowest BCUT2D eigenvalue weighted by Gasteiger charge is -2.15. The highest BCUT2D eigenvalue weighted by Crippen LogP contribution is 2.15. The van der Waals surface area contributed by atoms with E-state index in [2.05, 4.69) is 46.6 Å². The number of nitrogens with zero attached hydrogens (tertiary/aromatic N) is 3. The molecule has 7 heteroatoms. The minimum Gasteiger partial charge on any atom is -0.361 e. The summed E-state index contributed by atoms with van der Waals surface area (Å²) in [5.41, 5.74) is 2.21.